The lowest BCUT2D eigenvalue weighted by Gasteiger charge is -2.23. The Morgan fingerprint density at radius 2 is 2.29 bits per heavy atom. The van der Waals surface area contributed by atoms with Gasteiger partial charge in [-0.3, -0.25) is 0 Å². The van der Waals surface area contributed by atoms with Gasteiger partial charge in [-0.2, -0.15) is 0 Å². The third-order valence-electron chi connectivity index (χ3n) is 4.09. The van der Waals surface area contributed by atoms with Crippen LogP contribution in [0, 0.1) is 0 Å². The van der Waals surface area contributed by atoms with E-state index in [0.717, 1.165) is 35.5 Å². The number of hydrogen-bond acceptors (Lipinski definition) is 3. The summed E-state index contributed by atoms with van der Waals surface area (Å²) in [5.41, 5.74) is 6.47. The van der Waals surface area contributed by atoms with Gasteiger partial charge in [-0.25, -0.2) is 15.0 Å². The molecular formula is C16H23N5. The molecule has 0 spiro atoms. The van der Waals surface area contributed by atoms with E-state index >= 15 is 0 Å². The first kappa shape index (κ1) is 14.1. The normalized spacial score (nSPS) is 19.3. The standard InChI is InChI=1S/C16H23N5/c1-4-6-12(2)21-10-9-15(19-21)18-13-7-5-8-14-16(13)17-11-20(14)3/h5,7-8,11-12H,4,6,9-10H2,1-3H3,(H,18,19). The second-order valence-corrected chi connectivity index (χ2v) is 5.75. The van der Waals surface area contributed by atoms with Gasteiger partial charge in [0.05, 0.1) is 17.5 Å². The minimum Gasteiger partial charge on any atom is -0.334 e. The fourth-order valence-corrected chi connectivity index (χ4v) is 2.87. The number of aliphatic imine (C=N–C) groups is 1. The Labute approximate surface area is 125 Å². The van der Waals surface area contributed by atoms with Gasteiger partial charge in [0.1, 0.15) is 11.4 Å². The summed E-state index contributed by atoms with van der Waals surface area (Å²) in [6.45, 7) is 5.51. The molecule has 0 amide bonds. The number of fused-ring (bicyclic) bond motifs is 1. The zero-order valence-electron chi connectivity index (χ0n) is 13.0. The van der Waals surface area contributed by atoms with Gasteiger partial charge in [0.2, 0.25) is 0 Å². The van der Waals surface area contributed by atoms with E-state index in [1.807, 2.05) is 30.1 Å². The minimum atomic E-state index is 0.549. The number of benzene rings is 1. The molecule has 0 aliphatic carbocycles. The third kappa shape index (κ3) is 2.78. The van der Waals surface area contributed by atoms with Crippen LogP contribution >= 0.6 is 0 Å². The first-order valence-corrected chi connectivity index (χ1v) is 7.70. The van der Waals surface area contributed by atoms with Crippen molar-refractivity contribution >= 4 is 22.6 Å². The molecule has 0 radical (unpaired) electrons. The molecule has 0 saturated carbocycles. The summed E-state index contributed by atoms with van der Waals surface area (Å²) in [6, 6.07) is 6.69. The summed E-state index contributed by atoms with van der Waals surface area (Å²) in [5.74, 6) is 1.04. The van der Waals surface area contributed by atoms with Crippen molar-refractivity contribution in [1.82, 2.24) is 20.0 Å². The Hall–Kier alpha value is -1.88. The maximum Gasteiger partial charge on any atom is 0.118 e. The first-order chi connectivity index (χ1) is 10.2. The molecular weight excluding hydrogens is 262 g/mol. The molecule has 1 aromatic heterocycles. The van der Waals surface area contributed by atoms with Gasteiger partial charge in [0, 0.05) is 26.1 Å². The van der Waals surface area contributed by atoms with E-state index in [1.165, 1.54) is 12.8 Å². The lowest BCUT2D eigenvalue weighted by molar-refractivity contribution is 0.193. The molecule has 1 aromatic carbocycles. The number of rotatable bonds is 4. The SMILES string of the molecule is CCCC(C)N1CCC(=Nc2cccc3c2ncn3C)N1. The van der Waals surface area contributed by atoms with Gasteiger partial charge < -0.3 is 9.99 Å². The second kappa shape index (κ2) is 5.85. The molecule has 1 aliphatic heterocycles. The number of nitrogens with one attached hydrogen (secondary N) is 1. The lowest BCUT2D eigenvalue weighted by Crippen LogP contribution is -2.40. The van der Waals surface area contributed by atoms with E-state index in [-0.39, 0.29) is 0 Å². The molecule has 1 unspecified atom stereocenters. The number of aromatic nitrogens is 2. The van der Waals surface area contributed by atoms with Crippen molar-refractivity contribution in [1.29, 1.82) is 0 Å². The predicted molar refractivity (Wildman–Crippen MR) is 86.6 cm³/mol. The van der Waals surface area contributed by atoms with Crippen LogP contribution < -0.4 is 5.43 Å². The quantitative estimate of drug-likeness (QED) is 0.939. The van der Waals surface area contributed by atoms with Crippen LogP contribution in [0.2, 0.25) is 0 Å². The first-order valence-electron chi connectivity index (χ1n) is 7.70. The number of aryl methyl sites for hydroxylation is 1. The summed E-state index contributed by atoms with van der Waals surface area (Å²) >= 11 is 0. The molecule has 5 heteroatoms. The molecule has 3 rings (SSSR count). The van der Waals surface area contributed by atoms with Crippen molar-refractivity contribution < 1.29 is 0 Å². The fraction of sp³-hybridized carbons (Fsp3) is 0.500. The summed E-state index contributed by atoms with van der Waals surface area (Å²) in [4.78, 5) is 9.24. The number of para-hydroxylation sites is 1. The molecule has 112 valence electrons. The summed E-state index contributed by atoms with van der Waals surface area (Å²) in [5, 5.41) is 2.29. The van der Waals surface area contributed by atoms with Gasteiger partial charge >= 0.3 is 0 Å². The van der Waals surface area contributed by atoms with E-state index in [9.17, 15) is 0 Å². The summed E-state index contributed by atoms with van der Waals surface area (Å²) in [7, 11) is 2.01. The Balaban J connectivity index is 1.82. The summed E-state index contributed by atoms with van der Waals surface area (Å²) in [6.07, 6.45) is 5.22. The number of nitrogens with zero attached hydrogens (tertiary/aromatic N) is 4. The van der Waals surface area contributed by atoms with Gasteiger partial charge in [-0.05, 0) is 25.5 Å². The molecule has 1 fully saturated rings. The van der Waals surface area contributed by atoms with Crippen molar-refractivity contribution in [2.24, 2.45) is 12.0 Å². The van der Waals surface area contributed by atoms with Gasteiger partial charge in [0.25, 0.3) is 0 Å². The van der Waals surface area contributed by atoms with Crippen LogP contribution in [0.25, 0.3) is 11.0 Å². The predicted octanol–water partition coefficient (Wildman–Crippen LogP) is 3.00. The van der Waals surface area contributed by atoms with E-state index in [4.69, 9.17) is 4.99 Å². The monoisotopic (exact) mass is 285 g/mol. The molecule has 1 saturated heterocycles. The van der Waals surface area contributed by atoms with Gasteiger partial charge in [-0.15, -0.1) is 0 Å². The molecule has 2 aromatic rings. The average Bonchev–Trinajstić information content (AvgIpc) is 3.08. The number of hydrazine groups is 1. The highest BCUT2D eigenvalue weighted by molar-refractivity contribution is 5.93. The van der Waals surface area contributed by atoms with E-state index in [0.29, 0.717) is 6.04 Å². The van der Waals surface area contributed by atoms with E-state index in [1.54, 1.807) is 0 Å². The Bertz CT molecular complexity index is 658. The fourth-order valence-electron chi connectivity index (χ4n) is 2.87. The van der Waals surface area contributed by atoms with Crippen molar-refractivity contribution in [2.45, 2.75) is 39.2 Å². The zero-order valence-corrected chi connectivity index (χ0v) is 13.0. The average molecular weight is 285 g/mol. The third-order valence-corrected chi connectivity index (χ3v) is 4.09. The van der Waals surface area contributed by atoms with Crippen molar-refractivity contribution in [2.75, 3.05) is 6.54 Å². The summed E-state index contributed by atoms with van der Waals surface area (Å²) < 4.78 is 2.02. The van der Waals surface area contributed by atoms with E-state index < -0.39 is 0 Å². The molecule has 21 heavy (non-hydrogen) atoms. The van der Waals surface area contributed by atoms with Crippen LogP contribution in [-0.2, 0) is 7.05 Å². The topological polar surface area (TPSA) is 45.5 Å². The van der Waals surface area contributed by atoms with Crippen molar-refractivity contribution in [3.63, 3.8) is 0 Å². The van der Waals surface area contributed by atoms with Crippen LogP contribution in [0.15, 0.2) is 29.5 Å². The number of hydrogen-bond donors (Lipinski definition) is 1. The molecule has 1 aliphatic rings. The van der Waals surface area contributed by atoms with Crippen LogP contribution in [0.4, 0.5) is 5.69 Å². The number of amidine groups is 1. The maximum atomic E-state index is 4.78. The van der Waals surface area contributed by atoms with Crippen LogP contribution in [-0.4, -0.2) is 33.0 Å². The Morgan fingerprint density at radius 3 is 3.10 bits per heavy atom. The smallest absolute Gasteiger partial charge is 0.118 e. The largest absolute Gasteiger partial charge is 0.334 e. The molecule has 2 heterocycles. The molecule has 1 atom stereocenters. The van der Waals surface area contributed by atoms with Crippen LogP contribution in [0.3, 0.4) is 0 Å². The zero-order chi connectivity index (χ0) is 14.8. The van der Waals surface area contributed by atoms with Gasteiger partial charge in [0.15, 0.2) is 0 Å². The van der Waals surface area contributed by atoms with Crippen molar-refractivity contribution in [3.8, 4) is 0 Å². The van der Waals surface area contributed by atoms with Crippen LogP contribution in [0.1, 0.15) is 33.1 Å². The Kier molecular flexibility index (Phi) is 3.92. The van der Waals surface area contributed by atoms with Crippen LogP contribution in [0.5, 0.6) is 0 Å². The highest BCUT2D eigenvalue weighted by Gasteiger charge is 2.21. The van der Waals surface area contributed by atoms with E-state index in [2.05, 4.69) is 35.3 Å². The maximum absolute atomic E-state index is 4.78. The van der Waals surface area contributed by atoms with Crippen molar-refractivity contribution in [3.05, 3.63) is 24.5 Å². The van der Waals surface area contributed by atoms with Gasteiger partial charge in [-0.1, -0.05) is 19.4 Å². The Morgan fingerprint density at radius 1 is 1.43 bits per heavy atom. The highest BCUT2D eigenvalue weighted by Crippen LogP contribution is 2.25. The lowest BCUT2D eigenvalue weighted by atomic mass is 10.2. The number of imidazole rings is 1. The second-order valence-electron chi connectivity index (χ2n) is 5.75. The highest BCUT2D eigenvalue weighted by atomic mass is 15.6. The molecule has 1 N–H and O–H groups in total. The molecule has 5 nitrogen and oxygen atoms in total. The molecule has 0 bridgehead atoms. The minimum absolute atomic E-state index is 0.549.